The fourth-order valence-electron chi connectivity index (χ4n) is 5.63. The molecule has 214 valence electrons. The third kappa shape index (κ3) is 7.32. The Bertz CT molecular complexity index is 1230. The fourth-order valence-corrected chi connectivity index (χ4v) is 6.68. The predicted molar refractivity (Wildman–Crippen MR) is 154 cm³/mol. The molecule has 2 N–H and O–H groups in total. The van der Waals surface area contributed by atoms with Crippen LogP contribution in [0.3, 0.4) is 0 Å². The number of sulfonamides is 1. The van der Waals surface area contributed by atoms with Crippen LogP contribution in [0.5, 0.6) is 5.75 Å². The second-order valence-electron chi connectivity index (χ2n) is 11.5. The third-order valence-corrected chi connectivity index (χ3v) is 9.43. The normalized spacial score (nSPS) is 21.6. The molecule has 0 saturated heterocycles. The number of rotatable bonds is 9. The average molecular weight is 558 g/mol. The van der Waals surface area contributed by atoms with Gasteiger partial charge in [0.05, 0.1) is 23.1 Å². The van der Waals surface area contributed by atoms with E-state index in [0.717, 1.165) is 12.1 Å². The van der Waals surface area contributed by atoms with Crippen LogP contribution in [0.25, 0.3) is 0 Å². The number of amides is 1. The van der Waals surface area contributed by atoms with E-state index in [-0.39, 0.29) is 46.7 Å². The number of hydrogen-bond donors (Lipinski definition) is 2. The summed E-state index contributed by atoms with van der Waals surface area (Å²) in [5.41, 5.74) is 1.53. The molecule has 1 aliphatic heterocycles. The molecule has 0 unspecified atom stereocenters. The van der Waals surface area contributed by atoms with Crippen molar-refractivity contribution in [3.8, 4) is 5.75 Å². The van der Waals surface area contributed by atoms with Crippen molar-refractivity contribution in [2.75, 3.05) is 38.0 Å². The topological polar surface area (TPSA) is 99.2 Å². The first-order valence-corrected chi connectivity index (χ1v) is 15.6. The van der Waals surface area contributed by atoms with Gasteiger partial charge in [-0.3, -0.25) is 9.52 Å². The first-order chi connectivity index (χ1) is 18.6. The van der Waals surface area contributed by atoms with Crippen molar-refractivity contribution in [3.63, 3.8) is 0 Å². The number of hydrogen-bond acceptors (Lipinski definition) is 6. The zero-order valence-electron chi connectivity index (χ0n) is 23.6. The Kier molecular flexibility index (Phi) is 9.56. The lowest BCUT2D eigenvalue weighted by Gasteiger charge is -2.38. The molecule has 0 aromatic heterocycles. The Hall–Kier alpha value is -2.62. The largest absolute Gasteiger partial charge is 0.488 e. The van der Waals surface area contributed by atoms with Crippen LogP contribution in [0.2, 0.25) is 0 Å². The summed E-state index contributed by atoms with van der Waals surface area (Å²) in [6.45, 7) is 7.80. The molecule has 1 heterocycles. The van der Waals surface area contributed by atoms with Crippen LogP contribution in [0.15, 0.2) is 47.4 Å². The number of nitrogens with zero attached hydrogens (tertiary/aromatic N) is 2. The molecule has 8 nitrogen and oxygen atoms in total. The number of aryl methyl sites for hydroxylation is 1. The molecule has 9 heteroatoms. The Labute approximate surface area is 233 Å². The summed E-state index contributed by atoms with van der Waals surface area (Å²) in [5.74, 6) is 0.876. The molecule has 0 spiro atoms. The summed E-state index contributed by atoms with van der Waals surface area (Å²) in [6.07, 6.45) is 6.30. The smallest absolute Gasteiger partial charge is 0.261 e. The molecular formula is C30H43N3O5S. The van der Waals surface area contributed by atoms with Crippen LogP contribution in [0, 0.1) is 18.8 Å². The van der Waals surface area contributed by atoms with Crippen LogP contribution in [-0.4, -0.2) is 74.7 Å². The molecule has 1 amide bonds. The molecule has 1 saturated carbocycles. The van der Waals surface area contributed by atoms with Gasteiger partial charge in [0.25, 0.3) is 15.9 Å². The molecule has 4 rings (SSSR count). The molecule has 0 bridgehead atoms. The number of aliphatic hydroxyl groups excluding tert-OH is 1. The van der Waals surface area contributed by atoms with Gasteiger partial charge in [0, 0.05) is 31.2 Å². The number of aliphatic hydroxyl groups is 1. The van der Waals surface area contributed by atoms with Crippen LogP contribution in [0.4, 0.5) is 5.69 Å². The lowest BCUT2D eigenvalue weighted by molar-refractivity contribution is 0.0330. The summed E-state index contributed by atoms with van der Waals surface area (Å²) in [6, 6.07) is 11.1. The third-order valence-electron chi connectivity index (χ3n) is 8.03. The number of nitrogens with one attached hydrogen (secondary N) is 1. The van der Waals surface area contributed by atoms with Gasteiger partial charge in [-0.2, -0.15) is 0 Å². The van der Waals surface area contributed by atoms with Crippen LogP contribution in [0.1, 0.15) is 61.9 Å². The molecule has 2 aliphatic rings. The van der Waals surface area contributed by atoms with E-state index in [1.54, 1.807) is 47.4 Å². The number of fused-ring (bicyclic) bond motifs is 1. The van der Waals surface area contributed by atoms with Crippen molar-refractivity contribution in [1.82, 2.24) is 9.80 Å². The highest BCUT2D eigenvalue weighted by atomic mass is 32.2. The average Bonchev–Trinajstić information content (AvgIpc) is 2.91. The number of ether oxygens (including phenoxy) is 1. The monoisotopic (exact) mass is 557 g/mol. The van der Waals surface area contributed by atoms with E-state index < -0.39 is 10.0 Å². The fraction of sp³-hybridized carbons (Fsp3) is 0.567. The number of likely N-dealkylation sites (N-methyl/N-ethyl adjacent to an activating group) is 1. The molecule has 2 aromatic carbocycles. The van der Waals surface area contributed by atoms with E-state index in [2.05, 4.69) is 23.6 Å². The van der Waals surface area contributed by atoms with Crippen molar-refractivity contribution in [3.05, 3.63) is 53.6 Å². The van der Waals surface area contributed by atoms with Gasteiger partial charge in [-0.15, -0.1) is 0 Å². The van der Waals surface area contributed by atoms with Crippen molar-refractivity contribution >= 4 is 21.6 Å². The number of anilines is 1. The van der Waals surface area contributed by atoms with Gasteiger partial charge in [-0.1, -0.05) is 43.9 Å². The minimum atomic E-state index is -3.84. The zero-order chi connectivity index (χ0) is 28.2. The van der Waals surface area contributed by atoms with E-state index in [9.17, 15) is 18.3 Å². The van der Waals surface area contributed by atoms with Gasteiger partial charge in [-0.05, 0) is 70.0 Å². The van der Waals surface area contributed by atoms with Crippen molar-refractivity contribution in [1.29, 1.82) is 0 Å². The Morgan fingerprint density at radius 3 is 2.46 bits per heavy atom. The van der Waals surface area contributed by atoms with Crippen molar-refractivity contribution < 1.29 is 23.1 Å². The van der Waals surface area contributed by atoms with Gasteiger partial charge in [0.2, 0.25) is 0 Å². The Morgan fingerprint density at radius 1 is 1.10 bits per heavy atom. The van der Waals surface area contributed by atoms with Crippen LogP contribution in [-0.2, 0) is 10.0 Å². The van der Waals surface area contributed by atoms with E-state index in [1.165, 1.54) is 32.1 Å². The molecule has 2 aromatic rings. The molecular weight excluding hydrogens is 514 g/mol. The van der Waals surface area contributed by atoms with Gasteiger partial charge < -0.3 is 19.6 Å². The SMILES string of the molecule is Cc1ccc(S(=O)(=O)Nc2ccc3c(c2)C(=O)N([C@@H](C)CO)C[C@H](C)[C@H](CN(C)CC2CCCCC2)O3)cc1. The molecule has 3 atom stereocenters. The van der Waals surface area contributed by atoms with E-state index in [0.29, 0.717) is 24.8 Å². The first-order valence-electron chi connectivity index (χ1n) is 14.1. The highest BCUT2D eigenvalue weighted by Gasteiger charge is 2.34. The second kappa shape index (κ2) is 12.7. The molecule has 39 heavy (non-hydrogen) atoms. The lowest BCUT2D eigenvalue weighted by Crippen LogP contribution is -2.50. The summed E-state index contributed by atoms with van der Waals surface area (Å²) in [5, 5.41) is 9.92. The summed E-state index contributed by atoms with van der Waals surface area (Å²) >= 11 is 0. The van der Waals surface area contributed by atoms with E-state index in [4.69, 9.17) is 4.74 Å². The Morgan fingerprint density at radius 2 is 1.79 bits per heavy atom. The first kappa shape index (κ1) is 29.4. The summed E-state index contributed by atoms with van der Waals surface area (Å²) in [7, 11) is -1.71. The molecule has 1 aliphatic carbocycles. The van der Waals surface area contributed by atoms with Crippen molar-refractivity contribution in [2.45, 2.75) is 69.9 Å². The van der Waals surface area contributed by atoms with E-state index >= 15 is 0 Å². The Balaban J connectivity index is 1.60. The number of carbonyl (C=O) groups is 1. The lowest BCUT2D eigenvalue weighted by atomic mass is 9.89. The van der Waals surface area contributed by atoms with Gasteiger partial charge in [0.15, 0.2) is 0 Å². The highest BCUT2D eigenvalue weighted by molar-refractivity contribution is 7.92. The highest BCUT2D eigenvalue weighted by Crippen LogP contribution is 2.32. The number of carbonyl (C=O) groups excluding carboxylic acids is 1. The quantitative estimate of drug-likeness (QED) is 0.470. The molecule has 0 radical (unpaired) electrons. The van der Waals surface area contributed by atoms with E-state index in [1.807, 2.05) is 13.8 Å². The maximum Gasteiger partial charge on any atom is 0.261 e. The van der Waals surface area contributed by atoms with Gasteiger partial charge in [0.1, 0.15) is 11.9 Å². The molecule has 1 fully saturated rings. The maximum absolute atomic E-state index is 13.7. The van der Waals surface area contributed by atoms with Gasteiger partial charge in [-0.25, -0.2) is 8.42 Å². The predicted octanol–water partition coefficient (Wildman–Crippen LogP) is 4.53. The summed E-state index contributed by atoms with van der Waals surface area (Å²) in [4.78, 5) is 17.9. The standard InChI is InChI=1S/C30H43N3O5S/c1-21-10-13-26(14-11-21)39(36,37)31-25-12-15-28-27(16-25)30(35)33(23(3)20-34)17-22(2)29(38-28)19-32(4)18-24-8-6-5-7-9-24/h10-16,22-24,29,31,34H,5-9,17-20H2,1-4H3/t22-,23-,29-/m0/s1. The zero-order valence-corrected chi connectivity index (χ0v) is 24.4. The number of benzene rings is 2. The van der Waals surface area contributed by atoms with Crippen molar-refractivity contribution in [2.24, 2.45) is 11.8 Å². The van der Waals surface area contributed by atoms with Gasteiger partial charge >= 0.3 is 0 Å². The van der Waals surface area contributed by atoms with Crippen LogP contribution < -0.4 is 9.46 Å². The second-order valence-corrected chi connectivity index (χ2v) is 13.2. The minimum absolute atomic E-state index is 0.0321. The van der Waals surface area contributed by atoms with Crippen LogP contribution >= 0.6 is 0 Å². The summed E-state index contributed by atoms with van der Waals surface area (Å²) < 4.78 is 35.1. The maximum atomic E-state index is 13.7. The minimum Gasteiger partial charge on any atom is -0.488 e.